The molecule has 0 aliphatic carbocycles. The third-order valence-corrected chi connectivity index (χ3v) is 3.85. The lowest BCUT2D eigenvalue weighted by Gasteiger charge is -2.40. The number of aliphatic hydroxyl groups excluding tert-OH is 4. The molecule has 1 amide bonds. The van der Waals surface area contributed by atoms with Crippen molar-refractivity contribution in [2.45, 2.75) is 70.2 Å². The van der Waals surface area contributed by atoms with E-state index in [1.807, 2.05) is 13.8 Å². The Kier molecular flexibility index (Phi) is 7.55. The van der Waals surface area contributed by atoms with Gasteiger partial charge in [0.25, 0.3) is 0 Å². The molecule has 7 nitrogen and oxygen atoms in total. The predicted molar refractivity (Wildman–Crippen MR) is 75.2 cm³/mol. The highest BCUT2D eigenvalue weighted by molar-refractivity contribution is 5.79. The lowest BCUT2D eigenvalue weighted by atomic mass is 9.94. The van der Waals surface area contributed by atoms with Crippen molar-refractivity contribution in [1.29, 1.82) is 0 Å². The van der Waals surface area contributed by atoms with Crippen LogP contribution >= 0.6 is 0 Å². The van der Waals surface area contributed by atoms with Gasteiger partial charge in [-0.05, 0) is 12.8 Å². The fraction of sp³-hybridized carbons (Fsp3) is 0.929. The van der Waals surface area contributed by atoms with Gasteiger partial charge in [0.05, 0.1) is 6.61 Å². The number of nitrogens with one attached hydrogen (secondary N) is 1. The summed E-state index contributed by atoms with van der Waals surface area (Å²) in [6, 6.07) is -1.11. The van der Waals surface area contributed by atoms with E-state index in [9.17, 15) is 20.1 Å². The van der Waals surface area contributed by atoms with Crippen LogP contribution in [0.2, 0.25) is 0 Å². The molecule has 1 heterocycles. The van der Waals surface area contributed by atoms with Crippen molar-refractivity contribution in [1.82, 2.24) is 5.32 Å². The Morgan fingerprint density at radius 3 is 2.19 bits per heavy atom. The van der Waals surface area contributed by atoms with E-state index in [0.717, 1.165) is 25.7 Å². The summed E-state index contributed by atoms with van der Waals surface area (Å²) in [4.78, 5) is 12.2. The van der Waals surface area contributed by atoms with Crippen LogP contribution in [-0.2, 0) is 9.53 Å². The summed E-state index contributed by atoms with van der Waals surface area (Å²) in [5, 5.41) is 41.2. The van der Waals surface area contributed by atoms with E-state index in [2.05, 4.69) is 5.32 Å². The molecular weight excluding hydrogens is 278 g/mol. The van der Waals surface area contributed by atoms with Crippen molar-refractivity contribution >= 4 is 5.91 Å². The van der Waals surface area contributed by atoms with Gasteiger partial charge in [-0.1, -0.05) is 26.7 Å². The predicted octanol–water partition coefficient (Wildman–Crippen LogP) is -0.881. The first-order valence-corrected chi connectivity index (χ1v) is 7.57. The number of hydrogen-bond acceptors (Lipinski definition) is 6. The maximum Gasteiger partial charge on any atom is 0.223 e. The Morgan fingerprint density at radius 2 is 1.71 bits per heavy atom. The Morgan fingerprint density at radius 1 is 1.14 bits per heavy atom. The van der Waals surface area contributed by atoms with Crippen LogP contribution < -0.4 is 5.32 Å². The normalized spacial score (nSPS) is 33.2. The van der Waals surface area contributed by atoms with Gasteiger partial charge in [-0.2, -0.15) is 0 Å². The molecule has 5 atom stereocenters. The first kappa shape index (κ1) is 18.3. The highest BCUT2D eigenvalue weighted by Crippen LogP contribution is 2.21. The van der Waals surface area contributed by atoms with Gasteiger partial charge < -0.3 is 30.5 Å². The first-order chi connectivity index (χ1) is 9.96. The third-order valence-electron chi connectivity index (χ3n) is 3.85. The average molecular weight is 305 g/mol. The SMILES string of the molecule is CCCC(CCC)C(=O)NC1C(O)OC(CO)C(O)C1O. The number of ether oxygens (including phenoxy) is 1. The molecule has 5 unspecified atom stereocenters. The molecule has 1 rings (SSSR count). The maximum absolute atomic E-state index is 12.2. The minimum atomic E-state index is -1.46. The fourth-order valence-electron chi connectivity index (χ4n) is 2.64. The van der Waals surface area contributed by atoms with E-state index in [0.29, 0.717) is 0 Å². The Bertz CT molecular complexity index is 321. The van der Waals surface area contributed by atoms with E-state index < -0.39 is 37.3 Å². The van der Waals surface area contributed by atoms with Gasteiger partial charge in [0, 0.05) is 5.92 Å². The molecule has 0 bridgehead atoms. The highest BCUT2D eigenvalue weighted by atomic mass is 16.6. The molecule has 21 heavy (non-hydrogen) atoms. The molecule has 1 fully saturated rings. The molecule has 7 heteroatoms. The maximum atomic E-state index is 12.2. The van der Waals surface area contributed by atoms with Crippen LogP contribution in [0.25, 0.3) is 0 Å². The molecule has 1 aliphatic rings. The molecule has 0 aromatic carbocycles. The molecule has 124 valence electrons. The van der Waals surface area contributed by atoms with Gasteiger partial charge in [0.15, 0.2) is 6.29 Å². The first-order valence-electron chi connectivity index (χ1n) is 7.57. The van der Waals surface area contributed by atoms with E-state index in [1.54, 1.807) is 0 Å². The van der Waals surface area contributed by atoms with Crippen LogP contribution in [0, 0.1) is 5.92 Å². The minimum absolute atomic E-state index is 0.188. The molecule has 0 aromatic rings. The van der Waals surface area contributed by atoms with Crippen LogP contribution in [0.5, 0.6) is 0 Å². The molecular formula is C14H27NO6. The van der Waals surface area contributed by atoms with E-state index in [1.165, 1.54) is 0 Å². The molecule has 0 radical (unpaired) electrons. The van der Waals surface area contributed by atoms with Crippen molar-refractivity contribution < 1.29 is 30.0 Å². The standard InChI is InChI=1S/C14H27NO6/c1-3-5-8(6-4-2)13(19)15-10-12(18)11(17)9(7-16)21-14(10)20/h8-12,14,16-18,20H,3-7H2,1-2H3,(H,15,19). The number of carbonyl (C=O) groups excluding carboxylic acids is 1. The van der Waals surface area contributed by atoms with Gasteiger partial charge >= 0.3 is 0 Å². The minimum Gasteiger partial charge on any atom is -0.394 e. The van der Waals surface area contributed by atoms with Gasteiger partial charge in [-0.15, -0.1) is 0 Å². The van der Waals surface area contributed by atoms with Gasteiger partial charge in [0.2, 0.25) is 5.91 Å². The van der Waals surface area contributed by atoms with E-state index >= 15 is 0 Å². The van der Waals surface area contributed by atoms with Crippen molar-refractivity contribution in [2.75, 3.05) is 6.61 Å². The second kappa shape index (κ2) is 8.65. The largest absolute Gasteiger partial charge is 0.394 e. The second-order valence-corrected chi connectivity index (χ2v) is 5.54. The zero-order chi connectivity index (χ0) is 16.0. The summed E-state index contributed by atoms with van der Waals surface area (Å²) in [7, 11) is 0. The lowest BCUT2D eigenvalue weighted by molar-refractivity contribution is -0.254. The number of rotatable bonds is 7. The summed E-state index contributed by atoms with van der Waals surface area (Å²) in [5.41, 5.74) is 0. The van der Waals surface area contributed by atoms with E-state index in [-0.39, 0.29) is 11.8 Å². The highest BCUT2D eigenvalue weighted by Gasteiger charge is 2.44. The van der Waals surface area contributed by atoms with E-state index in [4.69, 9.17) is 9.84 Å². The Balaban J connectivity index is 2.69. The molecule has 0 spiro atoms. The van der Waals surface area contributed by atoms with Crippen molar-refractivity contribution in [2.24, 2.45) is 5.92 Å². The van der Waals surface area contributed by atoms with Crippen molar-refractivity contribution in [3.8, 4) is 0 Å². The summed E-state index contributed by atoms with van der Waals surface area (Å²) < 4.78 is 5.01. The van der Waals surface area contributed by atoms with Crippen LogP contribution in [0.4, 0.5) is 0 Å². The van der Waals surface area contributed by atoms with Crippen LogP contribution in [0.1, 0.15) is 39.5 Å². The molecule has 0 aromatic heterocycles. The molecule has 1 saturated heterocycles. The molecule has 0 saturated carbocycles. The summed E-state index contributed by atoms with van der Waals surface area (Å²) in [5.74, 6) is -0.452. The van der Waals surface area contributed by atoms with Gasteiger partial charge in [-0.25, -0.2) is 0 Å². The number of hydrogen-bond donors (Lipinski definition) is 5. The monoisotopic (exact) mass is 305 g/mol. The lowest BCUT2D eigenvalue weighted by Crippen LogP contribution is -2.64. The molecule has 5 N–H and O–H groups in total. The summed E-state index contributed by atoms with van der Waals surface area (Å²) in [6.45, 7) is 3.45. The smallest absolute Gasteiger partial charge is 0.223 e. The fourth-order valence-corrected chi connectivity index (χ4v) is 2.64. The molecule has 1 aliphatic heterocycles. The van der Waals surface area contributed by atoms with Crippen LogP contribution in [0.15, 0.2) is 0 Å². The zero-order valence-corrected chi connectivity index (χ0v) is 12.6. The van der Waals surface area contributed by atoms with Gasteiger partial charge in [-0.3, -0.25) is 4.79 Å². The van der Waals surface area contributed by atoms with Crippen molar-refractivity contribution in [3.63, 3.8) is 0 Å². The Labute approximate surface area is 124 Å². The third kappa shape index (κ3) is 4.62. The van der Waals surface area contributed by atoms with Gasteiger partial charge in [0.1, 0.15) is 24.4 Å². The summed E-state index contributed by atoms with van der Waals surface area (Å²) >= 11 is 0. The van der Waals surface area contributed by atoms with Crippen LogP contribution in [-0.4, -0.2) is 63.6 Å². The second-order valence-electron chi connectivity index (χ2n) is 5.54. The number of aliphatic hydroxyl groups is 4. The topological polar surface area (TPSA) is 119 Å². The quantitative estimate of drug-likeness (QED) is 0.417. The Hall–Kier alpha value is -0.730. The van der Waals surface area contributed by atoms with Crippen LogP contribution in [0.3, 0.4) is 0 Å². The summed E-state index contributed by atoms with van der Waals surface area (Å²) in [6.07, 6.45) is -2.11. The van der Waals surface area contributed by atoms with Crippen molar-refractivity contribution in [3.05, 3.63) is 0 Å². The number of amides is 1. The number of carbonyl (C=O) groups is 1. The zero-order valence-electron chi connectivity index (χ0n) is 12.6. The average Bonchev–Trinajstić information content (AvgIpc) is 2.46.